The van der Waals surface area contributed by atoms with E-state index in [-0.39, 0.29) is 18.4 Å². The molecule has 0 aromatic rings. The third-order valence-electron chi connectivity index (χ3n) is 6.54. The number of amides is 2. The Bertz CT molecular complexity index is 787. The number of hydrogen-bond donors (Lipinski definition) is 0. The first-order chi connectivity index (χ1) is 12.6. The summed E-state index contributed by atoms with van der Waals surface area (Å²) < 4.78 is 6.08. The number of carbonyl (C=O) groups is 2. The molecule has 4 bridgehead atoms. The largest absolute Gasteiger partial charge is 0.373 e. The summed E-state index contributed by atoms with van der Waals surface area (Å²) in [6.45, 7) is 1.70. The van der Waals surface area contributed by atoms with Crippen molar-refractivity contribution in [2.45, 2.75) is 35.3 Å². The highest BCUT2D eigenvalue weighted by molar-refractivity contribution is 6.51. The molecule has 8 atom stereocenters. The zero-order valence-electron chi connectivity index (χ0n) is 13.9. The second kappa shape index (κ2) is 5.78. The maximum Gasteiger partial charge on any atom is 0.260 e. The van der Waals surface area contributed by atoms with Crippen molar-refractivity contribution in [3.8, 4) is 0 Å². The molecule has 0 aromatic heterocycles. The number of hydroxylamine groups is 2. The van der Waals surface area contributed by atoms with Gasteiger partial charge in [0.25, 0.3) is 11.8 Å². The summed E-state index contributed by atoms with van der Waals surface area (Å²) in [5.41, 5.74) is 0. The summed E-state index contributed by atoms with van der Waals surface area (Å²) in [6, 6.07) is 0. The summed E-state index contributed by atoms with van der Waals surface area (Å²) in [7, 11) is 0. The van der Waals surface area contributed by atoms with Gasteiger partial charge in [0.05, 0.1) is 50.5 Å². The number of halogens is 5. The van der Waals surface area contributed by atoms with Crippen molar-refractivity contribution >= 4 is 69.8 Å². The smallest absolute Gasteiger partial charge is 0.260 e. The quantitative estimate of drug-likeness (QED) is 0.463. The first kappa shape index (κ1) is 19.0. The summed E-state index contributed by atoms with van der Waals surface area (Å²) in [5, 5.41) is 1.98. The number of hydrogen-bond acceptors (Lipinski definition) is 4. The van der Waals surface area contributed by atoms with Crippen LogP contribution in [0.2, 0.25) is 0 Å². The van der Waals surface area contributed by atoms with Crippen LogP contribution in [0, 0.1) is 23.7 Å². The monoisotopic (exact) mass is 471 g/mol. The van der Waals surface area contributed by atoms with Gasteiger partial charge in [-0.2, -0.15) is 5.06 Å². The van der Waals surface area contributed by atoms with Crippen molar-refractivity contribution in [3.63, 3.8) is 0 Å². The standard InChI is InChI=1S/C17H14Cl5NO4/c1-5(18)2-3-26-23-14(24)6-7(15(23)25)11-9-8(10(6)27-11)16(21)4-17(9,22)13(20)12(16)19/h2,6-11H,3-4H2,1H3/b5-2+. The summed E-state index contributed by atoms with van der Waals surface area (Å²) in [6.07, 6.45) is 0.851. The zero-order valence-corrected chi connectivity index (χ0v) is 17.7. The van der Waals surface area contributed by atoms with Gasteiger partial charge >= 0.3 is 0 Å². The minimum atomic E-state index is -0.967. The molecule has 0 aromatic carbocycles. The van der Waals surface area contributed by atoms with Crippen LogP contribution in [0.4, 0.5) is 0 Å². The molecule has 3 saturated heterocycles. The highest BCUT2D eigenvalue weighted by Crippen LogP contribution is 2.75. The first-order valence-corrected chi connectivity index (χ1v) is 10.4. The highest BCUT2D eigenvalue weighted by Gasteiger charge is 2.82. The van der Waals surface area contributed by atoms with Gasteiger partial charge < -0.3 is 4.74 Å². The Morgan fingerprint density at radius 3 is 2.07 bits per heavy atom. The minimum Gasteiger partial charge on any atom is -0.373 e. The van der Waals surface area contributed by atoms with Gasteiger partial charge in [0.1, 0.15) is 0 Å². The lowest BCUT2D eigenvalue weighted by atomic mass is 9.65. The molecule has 0 N–H and O–H groups in total. The normalized spacial score (nSPS) is 50.3. The number of carbonyl (C=O) groups excluding carboxylic acids is 2. The third-order valence-corrected chi connectivity index (χ3v) is 9.18. The lowest BCUT2D eigenvalue weighted by Gasteiger charge is -2.40. The van der Waals surface area contributed by atoms with Crippen LogP contribution in [-0.4, -0.2) is 45.4 Å². The van der Waals surface area contributed by atoms with E-state index in [1.165, 1.54) is 0 Å². The van der Waals surface area contributed by atoms with Crippen molar-refractivity contribution < 1.29 is 19.2 Å². The molecule has 0 spiro atoms. The van der Waals surface area contributed by atoms with E-state index >= 15 is 0 Å². The molecule has 1 saturated carbocycles. The minimum absolute atomic E-state index is 0.0212. The average molecular weight is 474 g/mol. The van der Waals surface area contributed by atoms with Gasteiger partial charge in [-0.15, -0.1) is 23.2 Å². The number of rotatable bonds is 3. The Balaban J connectivity index is 1.49. The van der Waals surface area contributed by atoms with Crippen molar-refractivity contribution in [3.05, 3.63) is 21.2 Å². The highest BCUT2D eigenvalue weighted by atomic mass is 35.5. The lowest BCUT2D eigenvalue weighted by molar-refractivity contribution is -0.189. The van der Waals surface area contributed by atoms with Gasteiger partial charge in [-0.1, -0.05) is 34.8 Å². The molecule has 3 aliphatic heterocycles. The van der Waals surface area contributed by atoms with Gasteiger partial charge in [0.2, 0.25) is 0 Å². The number of imide groups is 1. The molecule has 27 heavy (non-hydrogen) atoms. The maximum absolute atomic E-state index is 12.9. The Hall–Kier alpha value is -0.0100. The number of allylic oxidation sites excluding steroid dienone is 3. The number of nitrogens with zero attached hydrogens (tertiary/aromatic N) is 1. The van der Waals surface area contributed by atoms with E-state index < -0.39 is 45.6 Å². The van der Waals surface area contributed by atoms with Gasteiger partial charge in [0.15, 0.2) is 0 Å². The molecular weight excluding hydrogens is 459 g/mol. The van der Waals surface area contributed by atoms with E-state index in [2.05, 4.69) is 0 Å². The van der Waals surface area contributed by atoms with Crippen molar-refractivity contribution in [1.29, 1.82) is 0 Å². The van der Waals surface area contributed by atoms with Gasteiger partial charge in [-0.05, 0) is 19.4 Å². The number of alkyl halides is 2. The van der Waals surface area contributed by atoms with Crippen molar-refractivity contribution in [1.82, 2.24) is 5.06 Å². The van der Waals surface area contributed by atoms with Crippen molar-refractivity contribution in [2.75, 3.05) is 6.61 Å². The lowest BCUT2D eigenvalue weighted by Crippen LogP contribution is -2.50. The van der Waals surface area contributed by atoms with Crippen LogP contribution < -0.4 is 0 Å². The van der Waals surface area contributed by atoms with E-state index in [0.29, 0.717) is 21.5 Å². The van der Waals surface area contributed by atoms with Crippen LogP contribution in [-0.2, 0) is 19.2 Å². The fraction of sp³-hybridized carbons (Fsp3) is 0.647. The van der Waals surface area contributed by atoms with E-state index in [9.17, 15) is 9.59 Å². The molecule has 4 fully saturated rings. The molecule has 2 amide bonds. The van der Waals surface area contributed by atoms with Crippen LogP contribution in [0.15, 0.2) is 21.2 Å². The molecule has 8 unspecified atom stereocenters. The van der Waals surface area contributed by atoms with Crippen LogP contribution >= 0.6 is 58.0 Å². The van der Waals surface area contributed by atoms with E-state index in [0.717, 1.165) is 5.06 Å². The van der Waals surface area contributed by atoms with Crippen LogP contribution in [0.3, 0.4) is 0 Å². The molecule has 2 aliphatic carbocycles. The van der Waals surface area contributed by atoms with Gasteiger partial charge in [-0.3, -0.25) is 14.4 Å². The van der Waals surface area contributed by atoms with Crippen LogP contribution in [0.5, 0.6) is 0 Å². The molecule has 5 rings (SSSR count). The van der Waals surface area contributed by atoms with Crippen molar-refractivity contribution in [2.24, 2.45) is 23.7 Å². The molecule has 5 nitrogen and oxygen atoms in total. The van der Waals surface area contributed by atoms with Crippen LogP contribution in [0.25, 0.3) is 0 Å². The summed E-state index contributed by atoms with van der Waals surface area (Å²) >= 11 is 32.3. The molecule has 0 radical (unpaired) electrons. The zero-order chi connectivity index (χ0) is 19.5. The van der Waals surface area contributed by atoms with Crippen LogP contribution in [0.1, 0.15) is 13.3 Å². The molecule has 3 heterocycles. The fourth-order valence-corrected chi connectivity index (χ4v) is 7.70. The predicted octanol–water partition coefficient (Wildman–Crippen LogP) is 3.74. The molecule has 146 valence electrons. The molecule has 5 aliphatic rings. The molecule has 10 heteroatoms. The second-order valence-electron chi connectivity index (χ2n) is 7.76. The third kappa shape index (κ3) is 2.12. The SMILES string of the molecule is C/C(Cl)=C\CON1C(=O)C2C3OC(C2C1=O)C1C3C2(Cl)CC1(Cl)C(Cl)=C2Cl. The Morgan fingerprint density at radius 2 is 1.63 bits per heavy atom. The van der Waals surface area contributed by atoms with E-state index in [1.807, 2.05) is 0 Å². The number of fused-ring (bicyclic) bond motifs is 12. The Kier molecular flexibility index (Phi) is 4.06. The summed E-state index contributed by atoms with van der Waals surface area (Å²) in [5.74, 6) is -2.70. The topological polar surface area (TPSA) is 55.8 Å². The van der Waals surface area contributed by atoms with E-state index in [1.54, 1.807) is 13.0 Å². The Labute approximate surface area is 180 Å². The Morgan fingerprint density at radius 1 is 1.15 bits per heavy atom. The maximum atomic E-state index is 12.9. The van der Waals surface area contributed by atoms with Gasteiger partial charge in [0, 0.05) is 16.9 Å². The molecular formula is C17H14Cl5NO4. The second-order valence-corrected chi connectivity index (χ2v) is 10.5. The van der Waals surface area contributed by atoms with Gasteiger partial charge in [-0.25, -0.2) is 0 Å². The summed E-state index contributed by atoms with van der Waals surface area (Å²) in [4.78, 5) is 29.2. The van der Waals surface area contributed by atoms with E-state index in [4.69, 9.17) is 67.6 Å². The first-order valence-electron chi connectivity index (χ1n) is 8.55. The predicted molar refractivity (Wildman–Crippen MR) is 101 cm³/mol. The average Bonchev–Trinajstić information content (AvgIpc) is 3.32. The number of ether oxygens (including phenoxy) is 1. The fourth-order valence-electron chi connectivity index (χ4n) is 5.62.